The Hall–Kier alpha value is -3.29. The summed E-state index contributed by atoms with van der Waals surface area (Å²) in [5.74, 6) is 0.183. The van der Waals surface area contributed by atoms with Crippen molar-refractivity contribution < 1.29 is 13.2 Å². The Morgan fingerprint density at radius 1 is 1.27 bits per heavy atom. The van der Waals surface area contributed by atoms with Crippen molar-refractivity contribution in [2.24, 2.45) is 0 Å². The summed E-state index contributed by atoms with van der Waals surface area (Å²) in [4.78, 5) is 6.56. The molecule has 1 aliphatic heterocycles. The number of nitrogens with one attached hydrogen (secondary N) is 1. The number of para-hydroxylation sites is 1. The van der Waals surface area contributed by atoms with Gasteiger partial charge in [-0.2, -0.15) is 5.10 Å². The van der Waals surface area contributed by atoms with Crippen molar-refractivity contribution in [2.75, 3.05) is 23.3 Å². The van der Waals surface area contributed by atoms with Gasteiger partial charge in [-0.3, -0.25) is 4.98 Å². The Morgan fingerprint density at radius 3 is 2.93 bits per heavy atom. The van der Waals surface area contributed by atoms with Crippen LogP contribution >= 0.6 is 0 Å². The van der Waals surface area contributed by atoms with Gasteiger partial charge in [0.05, 0.1) is 34.5 Å². The van der Waals surface area contributed by atoms with Gasteiger partial charge in [-0.1, -0.05) is 12.1 Å². The first-order valence-electron chi connectivity index (χ1n) is 9.95. The lowest BCUT2D eigenvalue weighted by Crippen LogP contribution is -2.20. The second kappa shape index (κ2) is 7.19. The molecular formula is C22H21F2N5O. The molecule has 0 unspecified atom stereocenters. The first-order valence-corrected chi connectivity index (χ1v) is 9.95. The van der Waals surface area contributed by atoms with E-state index in [2.05, 4.69) is 20.5 Å². The van der Waals surface area contributed by atoms with Crippen molar-refractivity contribution in [3.05, 3.63) is 53.8 Å². The van der Waals surface area contributed by atoms with Crippen LogP contribution in [0.15, 0.2) is 41.1 Å². The number of aryl methyl sites for hydroxylation is 1. The van der Waals surface area contributed by atoms with Crippen LogP contribution in [0.25, 0.3) is 21.9 Å². The molecule has 4 heterocycles. The van der Waals surface area contributed by atoms with Crippen LogP contribution in [0.5, 0.6) is 0 Å². The Balaban J connectivity index is 1.53. The monoisotopic (exact) mass is 409 g/mol. The summed E-state index contributed by atoms with van der Waals surface area (Å²) in [6.07, 6.45) is 2.59. The number of anilines is 2. The molecule has 2 atom stereocenters. The average Bonchev–Trinajstić information content (AvgIpc) is 3.35. The maximum atomic E-state index is 13.9. The predicted molar refractivity (Wildman–Crippen MR) is 112 cm³/mol. The second-order valence-electron chi connectivity index (χ2n) is 7.73. The van der Waals surface area contributed by atoms with E-state index in [0.29, 0.717) is 36.3 Å². The molecule has 0 spiro atoms. The van der Waals surface area contributed by atoms with E-state index >= 15 is 0 Å². The molecule has 154 valence electrons. The van der Waals surface area contributed by atoms with Gasteiger partial charge in [0.1, 0.15) is 18.0 Å². The maximum Gasteiger partial charge on any atom is 0.169 e. The van der Waals surface area contributed by atoms with Gasteiger partial charge in [0, 0.05) is 24.0 Å². The molecular weight excluding hydrogens is 388 g/mol. The average molecular weight is 409 g/mol. The van der Waals surface area contributed by atoms with E-state index < -0.39 is 6.17 Å². The van der Waals surface area contributed by atoms with Crippen LogP contribution in [-0.2, 0) is 0 Å². The van der Waals surface area contributed by atoms with Crippen molar-refractivity contribution in [3.63, 3.8) is 0 Å². The Morgan fingerprint density at radius 2 is 2.13 bits per heavy atom. The lowest BCUT2D eigenvalue weighted by Gasteiger charge is -2.20. The molecule has 1 aliphatic rings. The normalized spacial score (nSPS) is 17.7. The van der Waals surface area contributed by atoms with Gasteiger partial charge in [0.2, 0.25) is 0 Å². The lowest BCUT2D eigenvalue weighted by atomic mass is 10.1. The van der Waals surface area contributed by atoms with Gasteiger partial charge < -0.3 is 14.6 Å². The maximum absolute atomic E-state index is 13.9. The summed E-state index contributed by atoms with van der Waals surface area (Å²) < 4.78 is 33.0. The van der Waals surface area contributed by atoms with Crippen molar-refractivity contribution in [1.82, 2.24) is 15.2 Å². The number of hydrogen-bond donors (Lipinski definition) is 1. The highest BCUT2D eigenvalue weighted by Crippen LogP contribution is 2.32. The molecule has 8 heteroatoms. The molecule has 1 aromatic carbocycles. The highest BCUT2D eigenvalue weighted by molar-refractivity contribution is 5.92. The zero-order chi connectivity index (χ0) is 20.8. The van der Waals surface area contributed by atoms with Crippen LogP contribution in [0.2, 0.25) is 0 Å². The summed E-state index contributed by atoms with van der Waals surface area (Å²) >= 11 is 0. The van der Waals surface area contributed by atoms with Crippen LogP contribution in [0.1, 0.15) is 30.6 Å². The number of fused-ring (bicyclic) bond motifs is 2. The predicted octanol–water partition coefficient (Wildman–Crippen LogP) is 4.94. The standard InChI is InChI=1S/C22H21F2N5O/c1-12(16-4-3-5-17-19(24)11-30-21(16)17)26-22-18-8-15(29-7-6-14(23)10-29)9-25-20(18)13(2)27-28-22/h3-5,8-9,11-12,14H,6-7,10H2,1-2H3,(H,26,28)/t12-,14-/m1/s1. The summed E-state index contributed by atoms with van der Waals surface area (Å²) in [5, 5.41) is 13.2. The van der Waals surface area contributed by atoms with E-state index in [4.69, 9.17) is 4.42 Å². The summed E-state index contributed by atoms with van der Waals surface area (Å²) in [6.45, 7) is 4.84. The summed E-state index contributed by atoms with van der Waals surface area (Å²) in [5.41, 5.74) is 3.64. The fraction of sp³-hybridized carbons (Fsp3) is 0.318. The molecule has 1 saturated heterocycles. The third kappa shape index (κ3) is 3.12. The topological polar surface area (TPSA) is 67.1 Å². The number of halogens is 2. The Labute approximate surface area is 171 Å². The number of rotatable bonds is 4. The fourth-order valence-corrected chi connectivity index (χ4v) is 4.05. The SMILES string of the molecule is Cc1nnc(N[C@H](C)c2cccc3c(F)coc23)c2cc(N3CC[C@@H](F)C3)cnc12. The van der Waals surface area contributed by atoms with Gasteiger partial charge in [-0.05, 0) is 32.4 Å². The van der Waals surface area contributed by atoms with Crippen LogP contribution in [-0.4, -0.2) is 34.4 Å². The van der Waals surface area contributed by atoms with E-state index in [1.807, 2.05) is 30.9 Å². The number of nitrogens with zero attached hydrogens (tertiary/aromatic N) is 4. The zero-order valence-corrected chi connectivity index (χ0v) is 16.7. The molecule has 3 aromatic heterocycles. The zero-order valence-electron chi connectivity index (χ0n) is 16.7. The van der Waals surface area contributed by atoms with Crippen molar-refractivity contribution in [3.8, 4) is 0 Å². The Kier molecular flexibility index (Phi) is 4.49. The molecule has 0 aliphatic carbocycles. The minimum absolute atomic E-state index is 0.217. The molecule has 0 saturated carbocycles. The van der Waals surface area contributed by atoms with Gasteiger partial charge in [0.25, 0.3) is 0 Å². The van der Waals surface area contributed by atoms with Crippen molar-refractivity contribution in [1.29, 1.82) is 0 Å². The lowest BCUT2D eigenvalue weighted by molar-refractivity contribution is 0.364. The van der Waals surface area contributed by atoms with E-state index in [9.17, 15) is 8.78 Å². The first kappa shape index (κ1) is 18.7. The number of furan rings is 1. The highest BCUT2D eigenvalue weighted by atomic mass is 19.1. The summed E-state index contributed by atoms with van der Waals surface area (Å²) in [7, 11) is 0. The third-order valence-electron chi connectivity index (χ3n) is 5.67. The van der Waals surface area contributed by atoms with Crippen LogP contribution in [0.4, 0.5) is 20.3 Å². The molecule has 0 amide bonds. The van der Waals surface area contributed by atoms with Gasteiger partial charge >= 0.3 is 0 Å². The molecule has 6 nitrogen and oxygen atoms in total. The quantitative estimate of drug-likeness (QED) is 0.515. The van der Waals surface area contributed by atoms with E-state index in [-0.39, 0.29) is 11.9 Å². The van der Waals surface area contributed by atoms with E-state index in [1.54, 1.807) is 18.3 Å². The number of benzene rings is 1. The fourth-order valence-electron chi connectivity index (χ4n) is 4.05. The molecule has 0 radical (unpaired) electrons. The van der Waals surface area contributed by atoms with Gasteiger partial charge in [-0.25, -0.2) is 8.78 Å². The molecule has 4 aromatic rings. The van der Waals surface area contributed by atoms with Crippen LogP contribution in [0, 0.1) is 12.7 Å². The van der Waals surface area contributed by atoms with Crippen molar-refractivity contribution >= 4 is 33.4 Å². The van der Waals surface area contributed by atoms with E-state index in [0.717, 1.165) is 34.1 Å². The number of pyridine rings is 1. The molecule has 30 heavy (non-hydrogen) atoms. The van der Waals surface area contributed by atoms with Crippen LogP contribution < -0.4 is 10.2 Å². The largest absolute Gasteiger partial charge is 0.461 e. The molecule has 1 fully saturated rings. The van der Waals surface area contributed by atoms with E-state index in [1.165, 1.54) is 0 Å². The molecule has 5 rings (SSSR count). The highest BCUT2D eigenvalue weighted by Gasteiger charge is 2.23. The first-order chi connectivity index (χ1) is 14.5. The third-order valence-corrected chi connectivity index (χ3v) is 5.67. The van der Waals surface area contributed by atoms with Gasteiger partial charge in [0.15, 0.2) is 11.6 Å². The Bertz CT molecular complexity index is 1240. The van der Waals surface area contributed by atoms with Crippen LogP contribution in [0.3, 0.4) is 0 Å². The number of aromatic nitrogens is 3. The minimum atomic E-state index is -0.815. The number of hydrogen-bond acceptors (Lipinski definition) is 6. The van der Waals surface area contributed by atoms with Crippen molar-refractivity contribution in [2.45, 2.75) is 32.5 Å². The smallest absolute Gasteiger partial charge is 0.169 e. The number of alkyl halides is 1. The second-order valence-corrected chi connectivity index (χ2v) is 7.73. The summed E-state index contributed by atoms with van der Waals surface area (Å²) in [6, 6.07) is 7.14. The minimum Gasteiger partial charge on any atom is -0.461 e. The van der Waals surface area contributed by atoms with Gasteiger partial charge in [-0.15, -0.1) is 5.10 Å². The molecule has 0 bridgehead atoms. The molecule has 1 N–H and O–H groups in total.